The van der Waals surface area contributed by atoms with E-state index in [9.17, 15) is 14.7 Å². The minimum absolute atomic E-state index is 0.0127. The third-order valence-electron chi connectivity index (χ3n) is 2.85. The fraction of sp³-hybridized carbons (Fsp3) is 0.385. The Bertz CT molecular complexity index is 453. The summed E-state index contributed by atoms with van der Waals surface area (Å²) >= 11 is 0. The van der Waals surface area contributed by atoms with E-state index in [-0.39, 0.29) is 13.0 Å². The molecule has 1 fully saturated rings. The van der Waals surface area contributed by atoms with Gasteiger partial charge in [0.1, 0.15) is 6.61 Å². The zero-order valence-corrected chi connectivity index (χ0v) is 10.3. The van der Waals surface area contributed by atoms with E-state index in [1.807, 2.05) is 6.07 Å². The molecule has 102 valence electrons. The van der Waals surface area contributed by atoms with Gasteiger partial charge in [-0.05, 0) is 18.5 Å². The number of rotatable bonds is 3. The van der Waals surface area contributed by atoms with Crippen molar-refractivity contribution in [3.05, 3.63) is 35.9 Å². The standard InChI is InChI=1S/C13H15NO5/c15-11(13(17)7-4-8-14-13)19-12(16)18-9-10-5-2-1-3-6-10/h1-3,5-6,14,17H,4,7-9H2/t13-/m0/s1. The molecular formula is C13H15NO5. The van der Waals surface area contributed by atoms with Gasteiger partial charge in [0.2, 0.25) is 5.72 Å². The number of ether oxygens (including phenoxy) is 2. The number of nitrogens with one attached hydrogen (secondary N) is 1. The molecule has 6 nitrogen and oxygen atoms in total. The monoisotopic (exact) mass is 265 g/mol. The van der Waals surface area contributed by atoms with E-state index < -0.39 is 17.8 Å². The van der Waals surface area contributed by atoms with Crippen LogP contribution in [0.2, 0.25) is 0 Å². The van der Waals surface area contributed by atoms with Gasteiger partial charge in [-0.25, -0.2) is 9.59 Å². The molecule has 0 unspecified atom stereocenters. The molecule has 1 aromatic rings. The maximum Gasteiger partial charge on any atom is 0.516 e. The number of benzene rings is 1. The van der Waals surface area contributed by atoms with Crippen LogP contribution in [-0.2, 0) is 20.9 Å². The molecule has 0 saturated carbocycles. The van der Waals surface area contributed by atoms with Crippen LogP contribution >= 0.6 is 0 Å². The first-order valence-electron chi connectivity index (χ1n) is 6.00. The lowest BCUT2D eigenvalue weighted by Crippen LogP contribution is -2.49. The molecule has 0 aliphatic carbocycles. The molecule has 0 amide bonds. The highest BCUT2D eigenvalue weighted by Crippen LogP contribution is 2.17. The Morgan fingerprint density at radius 3 is 2.68 bits per heavy atom. The summed E-state index contributed by atoms with van der Waals surface area (Å²) in [6, 6.07) is 9.01. The third kappa shape index (κ3) is 3.52. The smallest absolute Gasteiger partial charge is 0.429 e. The number of hydrogen-bond donors (Lipinski definition) is 2. The normalized spacial score (nSPS) is 21.9. The third-order valence-corrected chi connectivity index (χ3v) is 2.85. The fourth-order valence-electron chi connectivity index (χ4n) is 1.81. The fourth-order valence-corrected chi connectivity index (χ4v) is 1.81. The molecule has 1 aliphatic rings. The number of carbonyl (C=O) groups excluding carboxylic acids is 2. The molecule has 1 saturated heterocycles. The van der Waals surface area contributed by atoms with Crippen LogP contribution in [0.3, 0.4) is 0 Å². The zero-order valence-electron chi connectivity index (χ0n) is 10.3. The van der Waals surface area contributed by atoms with E-state index in [0.29, 0.717) is 13.0 Å². The highest BCUT2D eigenvalue weighted by molar-refractivity contribution is 5.87. The molecule has 19 heavy (non-hydrogen) atoms. The van der Waals surface area contributed by atoms with Gasteiger partial charge >= 0.3 is 12.1 Å². The van der Waals surface area contributed by atoms with E-state index in [0.717, 1.165) is 5.56 Å². The Kier molecular flexibility index (Phi) is 4.13. The van der Waals surface area contributed by atoms with Gasteiger partial charge in [0.05, 0.1) is 0 Å². The van der Waals surface area contributed by atoms with Crippen molar-refractivity contribution in [3.8, 4) is 0 Å². The van der Waals surface area contributed by atoms with Crippen LogP contribution in [0.15, 0.2) is 30.3 Å². The van der Waals surface area contributed by atoms with Gasteiger partial charge in [0.15, 0.2) is 0 Å². The molecule has 2 N–H and O–H groups in total. The van der Waals surface area contributed by atoms with Crippen molar-refractivity contribution in [1.82, 2.24) is 5.32 Å². The van der Waals surface area contributed by atoms with Crippen LogP contribution < -0.4 is 5.32 Å². The first-order valence-corrected chi connectivity index (χ1v) is 6.00. The Labute approximate surface area is 110 Å². The van der Waals surface area contributed by atoms with Gasteiger partial charge in [-0.15, -0.1) is 0 Å². The van der Waals surface area contributed by atoms with Crippen LogP contribution in [0, 0.1) is 0 Å². The highest BCUT2D eigenvalue weighted by Gasteiger charge is 2.41. The van der Waals surface area contributed by atoms with Crippen molar-refractivity contribution in [2.24, 2.45) is 0 Å². The van der Waals surface area contributed by atoms with E-state index >= 15 is 0 Å². The number of hydrogen-bond acceptors (Lipinski definition) is 6. The molecule has 1 aliphatic heterocycles. The van der Waals surface area contributed by atoms with Gasteiger partial charge in [0, 0.05) is 6.42 Å². The summed E-state index contributed by atoms with van der Waals surface area (Å²) in [5.41, 5.74) is -0.990. The molecular weight excluding hydrogens is 250 g/mol. The molecule has 0 spiro atoms. The van der Waals surface area contributed by atoms with E-state index in [4.69, 9.17) is 4.74 Å². The minimum atomic E-state index is -1.77. The van der Waals surface area contributed by atoms with Gasteiger partial charge in [-0.3, -0.25) is 5.32 Å². The first kappa shape index (κ1) is 13.5. The lowest BCUT2D eigenvalue weighted by Gasteiger charge is -2.19. The summed E-state index contributed by atoms with van der Waals surface area (Å²) in [6.07, 6.45) is -0.251. The summed E-state index contributed by atoms with van der Waals surface area (Å²) in [5.74, 6) is -1.02. The van der Waals surface area contributed by atoms with E-state index in [1.54, 1.807) is 24.3 Å². The second-order valence-corrected chi connectivity index (χ2v) is 4.30. The SMILES string of the molecule is O=C(OCc1ccccc1)OC(=O)[C@@]1(O)CCCN1. The largest absolute Gasteiger partial charge is 0.516 e. The second-order valence-electron chi connectivity index (χ2n) is 4.30. The predicted molar refractivity (Wildman–Crippen MR) is 64.9 cm³/mol. The molecule has 2 rings (SSSR count). The topological polar surface area (TPSA) is 84.9 Å². The summed E-state index contributed by atoms with van der Waals surface area (Å²) in [6.45, 7) is 0.517. The maximum absolute atomic E-state index is 11.6. The molecule has 0 radical (unpaired) electrons. The van der Waals surface area contributed by atoms with Gasteiger partial charge < -0.3 is 14.6 Å². The minimum Gasteiger partial charge on any atom is -0.429 e. The summed E-state index contributed by atoms with van der Waals surface area (Å²) in [5, 5.41) is 12.4. The van der Waals surface area contributed by atoms with Crippen LogP contribution in [0.4, 0.5) is 4.79 Å². The van der Waals surface area contributed by atoms with Crippen LogP contribution in [0.25, 0.3) is 0 Å². The molecule has 6 heteroatoms. The van der Waals surface area contributed by atoms with Crippen LogP contribution in [0.1, 0.15) is 18.4 Å². The lowest BCUT2D eigenvalue weighted by atomic mass is 10.2. The van der Waals surface area contributed by atoms with Gasteiger partial charge in [-0.1, -0.05) is 30.3 Å². The first-order chi connectivity index (χ1) is 9.10. The van der Waals surface area contributed by atoms with Crippen molar-refractivity contribution in [1.29, 1.82) is 0 Å². The lowest BCUT2D eigenvalue weighted by molar-refractivity contribution is -0.163. The zero-order chi connectivity index (χ0) is 13.7. The van der Waals surface area contributed by atoms with Crippen molar-refractivity contribution in [3.63, 3.8) is 0 Å². The molecule has 0 bridgehead atoms. The van der Waals surface area contributed by atoms with E-state index in [1.165, 1.54) is 0 Å². The summed E-state index contributed by atoms with van der Waals surface area (Å²) in [4.78, 5) is 22.9. The quantitative estimate of drug-likeness (QED) is 0.625. The van der Waals surface area contributed by atoms with Crippen LogP contribution in [0.5, 0.6) is 0 Å². The highest BCUT2D eigenvalue weighted by atomic mass is 16.7. The number of carbonyl (C=O) groups is 2. The molecule has 1 aromatic carbocycles. The Morgan fingerprint density at radius 2 is 2.05 bits per heavy atom. The molecule has 1 heterocycles. The predicted octanol–water partition coefficient (Wildman–Crippen LogP) is 0.938. The number of aliphatic hydroxyl groups is 1. The Hall–Kier alpha value is -1.92. The van der Waals surface area contributed by atoms with Crippen molar-refractivity contribution in [2.45, 2.75) is 25.2 Å². The van der Waals surface area contributed by atoms with Crippen LogP contribution in [-0.4, -0.2) is 29.5 Å². The molecule has 1 atom stereocenters. The Morgan fingerprint density at radius 1 is 1.32 bits per heavy atom. The Balaban J connectivity index is 1.80. The van der Waals surface area contributed by atoms with Crippen molar-refractivity contribution in [2.75, 3.05) is 6.54 Å². The average molecular weight is 265 g/mol. The second kappa shape index (κ2) is 5.81. The van der Waals surface area contributed by atoms with Gasteiger partial charge in [0.25, 0.3) is 0 Å². The van der Waals surface area contributed by atoms with Crippen molar-refractivity contribution < 1.29 is 24.2 Å². The average Bonchev–Trinajstić information content (AvgIpc) is 2.86. The summed E-state index contributed by atoms with van der Waals surface area (Å²) < 4.78 is 9.23. The van der Waals surface area contributed by atoms with Crippen molar-refractivity contribution >= 4 is 12.1 Å². The van der Waals surface area contributed by atoms with Gasteiger partial charge in [-0.2, -0.15) is 0 Å². The summed E-state index contributed by atoms with van der Waals surface area (Å²) in [7, 11) is 0. The number of esters is 1. The maximum atomic E-state index is 11.6. The molecule has 0 aromatic heterocycles. The van der Waals surface area contributed by atoms with E-state index in [2.05, 4.69) is 10.1 Å².